The Bertz CT molecular complexity index is 876. The molecule has 2 heterocycles. The maximum atomic E-state index is 12.4. The summed E-state index contributed by atoms with van der Waals surface area (Å²) in [5.41, 5.74) is 1.47. The summed E-state index contributed by atoms with van der Waals surface area (Å²) >= 11 is 12.8. The van der Waals surface area contributed by atoms with Gasteiger partial charge in [-0.05, 0) is 56.0 Å². The first-order chi connectivity index (χ1) is 14.4. The van der Waals surface area contributed by atoms with Crippen molar-refractivity contribution in [2.45, 2.75) is 39.0 Å². The molecule has 1 aromatic heterocycles. The molecule has 0 spiro atoms. The zero-order chi connectivity index (χ0) is 21.7. The second-order valence-electron chi connectivity index (χ2n) is 7.74. The van der Waals surface area contributed by atoms with Gasteiger partial charge in [0.05, 0.1) is 23.4 Å². The number of halogens is 2. The van der Waals surface area contributed by atoms with Crippen LogP contribution in [0.3, 0.4) is 0 Å². The van der Waals surface area contributed by atoms with Crippen LogP contribution in [0.5, 0.6) is 17.4 Å². The van der Waals surface area contributed by atoms with Crippen LogP contribution in [-0.2, 0) is 4.79 Å². The van der Waals surface area contributed by atoms with Gasteiger partial charge < -0.3 is 20.1 Å². The Morgan fingerprint density at radius 3 is 2.50 bits per heavy atom. The third kappa shape index (κ3) is 5.78. The summed E-state index contributed by atoms with van der Waals surface area (Å²) in [6, 6.07) is 5.14. The van der Waals surface area contributed by atoms with E-state index in [0.29, 0.717) is 45.5 Å². The summed E-state index contributed by atoms with van der Waals surface area (Å²) in [6.45, 7) is 6.01. The van der Waals surface area contributed by atoms with Crippen LogP contribution in [0.1, 0.15) is 44.6 Å². The Balaban J connectivity index is 1.71. The van der Waals surface area contributed by atoms with E-state index in [4.69, 9.17) is 32.7 Å². The molecule has 2 aromatic rings. The van der Waals surface area contributed by atoms with Gasteiger partial charge in [-0.1, -0.05) is 37.0 Å². The van der Waals surface area contributed by atoms with Gasteiger partial charge in [-0.25, -0.2) is 4.98 Å². The number of benzene rings is 1. The number of nitrogens with one attached hydrogen (secondary N) is 2. The van der Waals surface area contributed by atoms with Crippen LogP contribution in [0, 0.1) is 5.92 Å². The van der Waals surface area contributed by atoms with Crippen molar-refractivity contribution in [1.82, 2.24) is 10.3 Å². The summed E-state index contributed by atoms with van der Waals surface area (Å²) in [4.78, 5) is 16.7. The van der Waals surface area contributed by atoms with Crippen LogP contribution in [0.25, 0.3) is 0 Å². The lowest BCUT2D eigenvalue weighted by atomic mass is 9.94. The zero-order valence-corrected chi connectivity index (χ0v) is 18.9. The van der Waals surface area contributed by atoms with Crippen molar-refractivity contribution in [3.63, 3.8) is 0 Å². The van der Waals surface area contributed by atoms with E-state index in [2.05, 4.69) is 15.6 Å². The number of piperidine rings is 1. The van der Waals surface area contributed by atoms with Crippen LogP contribution in [-0.4, -0.2) is 31.1 Å². The monoisotopic (exact) mass is 451 g/mol. The van der Waals surface area contributed by atoms with Gasteiger partial charge in [-0.2, -0.15) is 0 Å². The SMILES string of the molecule is COc1ncc(Oc2c(Cl)cc(NC(=O)CC3CCNCC3)cc2Cl)cc1C(C)C. The van der Waals surface area contributed by atoms with E-state index < -0.39 is 0 Å². The third-order valence-corrected chi connectivity index (χ3v) is 5.67. The molecule has 0 bridgehead atoms. The molecule has 8 heteroatoms. The molecule has 0 aliphatic carbocycles. The lowest BCUT2D eigenvalue weighted by Gasteiger charge is -2.22. The lowest BCUT2D eigenvalue weighted by Crippen LogP contribution is -2.30. The van der Waals surface area contributed by atoms with E-state index in [9.17, 15) is 4.79 Å². The zero-order valence-electron chi connectivity index (χ0n) is 17.4. The summed E-state index contributed by atoms with van der Waals surface area (Å²) in [5, 5.41) is 6.81. The number of rotatable bonds is 7. The van der Waals surface area contributed by atoms with Crippen molar-refractivity contribution in [3.8, 4) is 17.4 Å². The normalized spacial score (nSPS) is 14.6. The van der Waals surface area contributed by atoms with Gasteiger partial charge >= 0.3 is 0 Å². The Morgan fingerprint density at radius 1 is 1.23 bits per heavy atom. The molecule has 30 heavy (non-hydrogen) atoms. The third-order valence-electron chi connectivity index (χ3n) is 5.10. The quantitative estimate of drug-likeness (QED) is 0.569. The number of hydrogen-bond donors (Lipinski definition) is 2. The Morgan fingerprint density at radius 2 is 1.90 bits per heavy atom. The van der Waals surface area contributed by atoms with Crippen molar-refractivity contribution in [2.24, 2.45) is 5.92 Å². The number of aromatic nitrogens is 1. The second-order valence-corrected chi connectivity index (χ2v) is 8.56. The summed E-state index contributed by atoms with van der Waals surface area (Å²) in [7, 11) is 1.58. The molecule has 1 fully saturated rings. The molecular formula is C22H27Cl2N3O3. The fourth-order valence-corrected chi connectivity index (χ4v) is 4.06. The van der Waals surface area contributed by atoms with E-state index in [1.807, 2.05) is 19.9 Å². The fourth-order valence-electron chi connectivity index (χ4n) is 3.50. The molecule has 1 aliphatic heterocycles. The molecule has 0 radical (unpaired) electrons. The van der Waals surface area contributed by atoms with Gasteiger partial charge in [0, 0.05) is 17.7 Å². The number of carbonyl (C=O) groups excluding carboxylic acids is 1. The van der Waals surface area contributed by atoms with E-state index >= 15 is 0 Å². The van der Waals surface area contributed by atoms with Gasteiger partial charge in [0.25, 0.3) is 0 Å². The minimum absolute atomic E-state index is 0.0383. The molecule has 162 valence electrons. The molecule has 1 aromatic carbocycles. The van der Waals surface area contributed by atoms with Crippen molar-refractivity contribution in [2.75, 3.05) is 25.5 Å². The predicted molar refractivity (Wildman–Crippen MR) is 120 cm³/mol. The molecule has 1 amide bonds. The smallest absolute Gasteiger partial charge is 0.224 e. The van der Waals surface area contributed by atoms with E-state index in [-0.39, 0.29) is 11.8 Å². The van der Waals surface area contributed by atoms with Crippen molar-refractivity contribution in [3.05, 3.63) is 40.0 Å². The second kappa shape index (κ2) is 10.3. The molecular weight excluding hydrogens is 425 g/mol. The number of carbonyl (C=O) groups is 1. The number of hydrogen-bond acceptors (Lipinski definition) is 5. The number of anilines is 1. The molecule has 2 N–H and O–H groups in total. The first kappa shape index (κ1) is 22.7. The van der Waals surface area contributed by atoms with Gasteiger partial charge in [0.1, 0.15) is 5.75 Å². The Kier molecular flexibility index (Phi) is 7.81. The number of pyridine rings is 1. The summed E-state index contributed by atoms with van der Waals surface area (Å²) in [5.74, 6) is 1.95. The van der Waals surface area contributed by atoms with Crippen LogP contribution < -0.4 is 20.1 Å². The van der Waals surface area contributed by atoms with Gasteiger partial charge in [-0.15, -0.1) is 0 Å². The Hall–Kier alpha value is -2.02. The fraction of sp³-hybridized carbons (Fsp3) is 0.455. The molecule has 0 unspecified atom stereocenters. The molecule has 0 atom stereocenters. The van der Waals surface area contributed by atoms with Crippen LogP contribution in [0.4, 0.5) is 5.69 Å². The topological polar surface area (TPSA) is 72.5 Å². The van der Waals surface area contributed by atoms with Gasteiger partial charge in [0.2, 0.25) is 11.8 Å². The number of amides is 1. The first-order valence-electron chi connectivity index (χ1n) is 10.1. The molecule has 6 nitrogen and oxygen atoms in total. The highest BCUT2D eigenvalue weighted by molar-refractivity contribution is 6.37. The minimum atomic E-state index is -0.0383. The number of ether oxygens (including phenoxy) is 2. The summed E-state index contributed by atoms with van der Waals surface area (Å²) in [6.07, 6.45) is 4.07. The van der Waals surface area contributed by atoms with Crippen molar-refractivity contribution < 1.29 is 14.3 Å². The highest BCUT2D eigenvalue weighted by Gasteiger charge is 2.19. The van der Waals surface area contributed by atoms with Gasteiger partial charge in [-0.3, -0.25) is 4.79 Å². The molecule has 1 aliphatic rings. The predicted octanol–water partition coefficient (Wildman–Crippen LogP) is 5.64. The number of methoxy groups -OCH3 is 1. The highest BCUT2D eigenvalue weighted by atomic mass is 35.5. The molecule has 3 rings (SSSR count). The average molecular weight is 452 g/mol. The van der Waals surface area contributed by atoms with Crippen LogP contribution in [0.15, 0.2) is 24.4 Å². The molecule has 0 saturated carbocycles. The minimum Gasteiger partial charge on any atom is -0.481 e. The van der Waals surface area contributed by atoms with E-state index in [1.165, 1.54) is 0 Å². The van der Waals surface area contributed by atoms with Crippen molar-refractivity contribution >= 4 is 34.8 Å². The average Bonchev–Trinajstić information content (AvgIpc) is 2.71. The largest absolute Gasteiger partial charge is 0.481 e. The van der Waals surface area contributed by atoms with Crippen LogP contribution in [0.2, 0.25) is 10.0 Å². The maximum absolute atomic E-state index is 12.4. The van der Waals surface area contributed by atoms with Gasteiger partial charge in [0.15, 0.2) is 5.75 Å². The maximum Gasteiger partial charge on any atom is 0.224 e. The lowest BCUT2D eigenvalue weighted by molar-refractivity contribution is -0.117. The Labute approximate surface area is 187 Å². The molecule has 1 saturated heterocycles. The van der Waals surface area contributed by atoms with Crippen LogP contribution >= 0.6 is 23.2 Å². The highest BCUT2D eigenvalue weighted by Crippen LogP contribution is 2.40. The standard InChI is InChI=1S/C22H27Cl2N3O3/c1-13(2)17-11-16(12-26-22(17)29-3)30-21-18(23)9-15(10-19(21)24)27-20(28)8-14-4-6-25-7-5-14/h9-14,25H,4-8H2,1-3H3,(H,27,28). The van der Waals surface area contributed by atoms with Crippen molar-refractivity contribution in [1.29, 1.82) is 0 Å². The number of nitrogens with zero attached hydrogens (tertiary/aromatic N) is 1. The first-order valence-corrected chi connectivity index (χ1v) is 10.8. The van der Waals surface area contributed by atoms with E-state index in [0.717, 1.165) is 31.5 Å². The summed E-state index contributed by atoms with van der Waals surface area (Å²) < 4.78 is 11.2. The van der Waals surface area contributed by atoms with E-state index in [1.54, 1.807) is 25.4 Å².